The Balaban J connectivity index is 0.00000131. The van der Waals surface area contributed by atoms with Crippen LogP contribution in [0.5, 0.6) is 0 Å². The number of hydrogen-bond acceptors (Lipinski definition) is 2. The van der Waals surface area contributed by atoms with Gasteiger partial charge in [0.25, 0.3) is 5.91 Å². The van der Waals surface area contributed by atoms with Gasteiger partial charge in [-0.15, -0.1) is 0 Å². The predicted octanol–water partition coefficient (Wildman–Crippen LogP) is -9.75. The van der Waals surface area contributed by atoms with Crippen molar-refractivity contribution in [1.29, 1.82) is 0 Å². The van der Waals surface area contributed by atoms with E-state index in [4.69, 9.17) is 0 Å². The fraction of sp³-hybridized carbons (Fsp3) is 0.368. The van der Waals surface area contributed by atoms with Gasteiger partial charge in [-0.3, -0.25) is 9.69 Å². The molecule has 0 saturated carbocycles. The number of amides is 1. The summed E-state index contributed by atoms with van der Waals surface area (Å²) in [6, 6.07) is 14.8. The van der Waals surface area contributed by atoms with Gasteiger partial charge in [-0.05, 0) is 18.2 Å². The van der Waals surface area contributed by atoms with Gasteiger partial charge in [0.05, 0.1) is 37.5 Å². The van der Waals surface area contributed by atoms with Crippen molar-refractivity contribution >= 4 is 23.4 Å². The number of thioether (sulfide) groups is 1. The van der Waals surface area contributed by atoms with Gasteiger partial charge in [-0.1, -0.05) is 30.0 Å². The number of nitrogens with zero attached hydrogens (tertiary/aromatic N) is 1. The van der Waals surface area contributed by atoms with Gasteiger partial charge in [-0.25, -0.2) is 4.98 Å². The van der Waals surface area contributed by atoms with E-state index in [2.05, 4.69) is 51.6 Å². The minimum absolute atomic E-state index is 0. The number of nitrogens with one attached hydrogen (secondary N) is 2. The van der Waals surface area contributed by atoms with Gasteiger partial charge in [0.2, 0.25) is 0 Å². The zero-order valence-corrected chi connectivity index (χ0v) is 18.4. The van der Waals surface area contributed by atoms with Crippen molar-refractivity contribution in [3.8, 4) is 0 Å². The molecule has 4 N–H and O–H groups in total. The minimum atomic E-state index is 0. The third-order valence-electron chi connectivity index (χ3n) is 5.10. The first kappa shape index (κ1) is 25.0. The van der Waals surface area contributed by atoms with E-state index < -0.39 is 0 Å². The molecule has 4 rings (SSSR count). The van der Waals surface area contributed by atoms with Crippen LogP contribution in [-0.2, 0) is 4.79 Å². The van der Waals surface area contributed by atoms with Crippen LogP contribution in [-0.4, -0.2) is 48.8 Å². The van der Waals surface area contributed by atoms with E-state index in [1.54, 1.807) is 0 Å². The maximum absolute atomic E-state index is 12.9. The lowest BCUT2D eigenvalue weighted by Crippen LogP contribution is -3.10. The molecule has 0 radical (unpaired) electrons. The van der Waals surface area contributed by atoms with Gasteiger partial charge in [-0.2, -0.15) is 0 Å². The van der Waals surface area contributed by atoms with Crippen LogP contribution in [0.1, 0.15) is 10.9 Å². The third kappa shape index (κ3) is 5.75. The fourth-order valence-electron chi connectivity index (χ4n) is 3.67. The van der Waals surface area contributed by atoms with Crippen LogP contribution in [0.2, 0.25) is 0 Å². The van der Waals surface area contributed by atoms with Crippen LogP contribution in [0.4, 0.5) is 5.69 Å². The van der Waals surface area contributed by atoms with E-state index in [-0.39, 0.29) is 43.3 Å². The van der Waals surface area contributed by atoms with Crippen molar-refractivity contribution < 1.29 is 57.2 Å². The number of aromatic nitrogens is 1. The molecule has 3 heterocycles. The monoisotopic (exact) mass is 462 g/mol. The quantitative estimate of drug-likeness (QED) is 0.475. The highest BCUT2D eigenvalue weighted by molar-refractivity contribution is 7.99. The summed E-state index contributed by atoms with van der Waals surface area (Å²) in [5, 5.41) is 2.55. The maximum atomic E-state index is 12.9. The Hall–Kier alpha value is -1.02. The number of carbonyl (C=O) groups is 1. The number of H-pyrrole nitrogens is 1. The molecule has 28 heavy (non-hydrogen) atoms. The normalized spacial score (nSPS) is 21.8. The Morgan fingerprint density at radius 1 is 1.07 bits per heavy atom. The molecule has 0 bridgehead atoms. The third-order valence-corrected chi connectivity index (χ3v) is 6.44. The van der Waals surface area contributed by atoms with E-state index in [1.807, 2.05) is 30.2 Å². The van der Waals surface area contributed by atoms with Crippen molar-refractivity contribution in [2.24, 2.45) is 0 Å². The number of para-hydroxylation sites is 1. The Morgan fingerprint density at radius 3 is 2.43 bits per heavy atom. The zero-order chi connectivity index (χ0) is 17.1. The maximum Gasteiger partial charge on any atom is 0.282 e. The van der Waals surface area contributed by atoms with Crippen molar-refractivity contribution in [2.75, 3.05) is 31.9 Å². The summed E-state index contributed by atoms with van der Waals surface area (Å²) in [6.07, 6.45) is 3.95. The molecule has 0 spiro atoms. The number of aromatic amines is 1. The molecule has 2 aliphatic heterocycles. The number of piperazine rings is 1. The second kappa shape index (κ2) is 11.9. The molecule has 1 unspecified atom stereocenters. The number of halogens is 3. The van der Waals surface area contributed by atoms with Crippen molar-refractivity contribution in [3.63, 3.8) is 0 Å². The minimum Gasteiger partial charge on any atom is -1.00 e. The van der Waals surface area contributed by atoms with Gasteiger partial charge in [0, 0.05) is 6.07 Å². The smallest absolute Gasteiger partial charge is 0.282 e. The van der Waals surface area contributed by atoms with Gasteiger partial charge < -0.3 is 47.4 Å². The average molecular weight is 464 g/mol. The Bertz CT molecular complexity index is 718. The van der Waals surface area contributed by atoms with Gasteiger partial charge >= 0.3 is 0 Å². The van der Waals surface area contributed by atoms with E-state index in [1.165, 1.54) is 16.2 Å². The summed E-state index contributed by atoms with van der Waals surface area (Å²) < 4.78 is 0. The summed E-state index contributed by atoms with van der Waals surface area (Å²) in [7, 11) is 0. The van der Waals surface area contributed by atoms with Crippen molar-refractivity contribution in [2.45, 2.75) is 11.4 Å². The van der Waals surface area contributed by atoms with Crippen molar-refractivity contribution in [3.05, 3.63) is 60.4 Å². The predicted molar refractivity (Wildman–Crippen MR) is 97.3 cm³/mol. The molecular formula is C19H25Cl3N4OS. The largest absolute Gasteiger partial charge is 1.00 e. The van der Waals surface area contributed by atoms with Crippen molar-refractivity contribution in [1.82, 2.24) is 4.90 Å². The molecule has 2 aromatic rings. The zero-order valence-electron chi connectivity index (χ0n) is 15.4. The molecule has 2 aliphatic rings. The summed E-state index contributed by atoms with van der Waals surface area (Å²) >= 11 is 1.87. The number of pyridine rings is 1. The van der Waals surface area contributed by atoms with E-state index >= 15 is 0 Å². The first-order valence-electron chi connectivity index (χ1n) is 8.93. The molecule has 2 atom stereocenters. The second-order valence-electron chi connectivity index (χ2n) is 6.68. The van der Waals surface area contributed by atoms with E-state index in [0.717, 1.165) is 31.9 Å². The van der Waals surface area contributed by atoms with Crippen LogP contribution in [0.25, 0.3) is 0 Å². The summed E-state index contributed by atoms with van der Waals surface area (Å²) in [5.74, 6) is 1.20. The standard InChI is InChI=1S/C19H22N4OS.3ClH/c24-19(17-14-25-18(21-17)15-5-4-8-20-13-15)23-11-9-22(10-12-23)16-6-2-1-3-7-16;;;/h1-8,13,17-18,21H,9-12,14H2;3*1H/t17-,18?;;;/m0.../s1. The lowest BCUT2D eigenvalue weighted by molar-refractivity contribution is -0.837. The molecule has 0 aliphatic carbocycles. The Kier molecular flexibility index (Phi) is 10.6. The van der Waals surface area contributed by atoms with Crippen LogP contribution >= 0.6 is 11.8 Å². The molecule has 2 fully saturated rings. The molecule has 1 aromatic heterocycles. The average Bonchev–Trinajstić information content (AvgIpc) is 3.19. The lowest BCUT2D eigenvalue weighted by Gasteiger charge is -2.32. The summed E-state index contributed by atoms with van der Waals surface area (Å²) in [6.45, 7) is 3.68. The number of carbonyl (C=O) groups excluding carboxylic acids is 1. The molecule has 154 valence electrons. The molecule has 1 aromatic carbocycles. The van der Waals surface area contributed by atoms with E-state index in [0.29, 0.717) is 11.3 Å². The van der Waals surface area contributed by atoms with Crippen LogP contribution in [0, 0.1) is 0 Å². The number of rotatable bonds is 3. The van der Waals surface area contributed by atoms with Gasteiger partial charge in [0.15, 0.2) is 23.8 Å². The fourth-order valence-corrected chi connectivity index (χ4v) is 4.98. The number of nitrogens with two attached hydrogens (primary N) is 1. The van der Waals surface area contributed by atoms with Crippen LogP contribution < -0.4 is 52.4 Å². The van der Waals surface area contributed by atoms with Gasteiger partial charge in [0.1, 0.15) is 5.69 Å². The number of hydrogen-bond donors (Lipinski definition) is 2. The SMILES string of the molecule is O=C([C@@H]1CSC(c2ccc[nH+]c2)[NH2+]1)N1CC[NH+](c2ccccc2)CC1.[Cl-].[Cl-].[Cl-]. The van der Waals surface area contributed by atoms with Crippen LogP contribution in [0.15, 0.2) is 54.9 Å². The highest BCUT2D eigenvalue weighted by Gasteiger charge is 2.39. The molecule has 5 nitrogen and oxygen atoms in total. The molecule has 2 saturated heterocycles. The highest BCUT2D eigenvalue weighted by Crippen LogP contribution is 2.26. The number of quaternary nitrogens is 2. The first-order chi connectivity index (χ1) is 12.3. The highest BCUT2D eigenvalue weighted by atomic mass is 35.5. The second-order valence-corrected chi connectivity index (χ2v) is 7.86. The first-order valence-corrected chi connectivity index (χ1v) is 9.97. The van der Waals surface area contributed by atoms with E-state index in [9.17, 15) is 4.79 Å². The summed E-state index contributed by atoms with van der Waals surface area (Å²) in [4.78, 5) is 19.6. The number of benzene rings is 1. The Morgan fingerprint density at radius 2 is 1.79 bits per heavy atom. The lowest BCUT2D eigenvalue weighted by atomic mass is 10.2. The molecule has 1 amide bonds. The molecule has 9 heteroatoms. The molecular weight excluding hydrogens is 439 g/mol. The van der Waals surface area contributed by atoms with Crippen LogP contribution in [0.3, 0.4) is 0 Å². The Labute approximate surface area is 188 Å². The topological polar surface area (TPSA) is 55.5 Å². The summed E-state index contributed by atoms with van der Waals surface area (Å²) in [5.41, 5.74) is 2.58.